The highest BCUT2D eigenvalue weighted by molar-refractivity contribution is 5.30. The molecule has 3 heteroatoms. The summed E-state index contributed by atoms with van der Waals surface area (Å²) in [6, 6.07) is 7.40. The van der Waals surface area contributed by atoms with E-state index in [1.807, 2.05) is 12.1 Å². The Balaban J connectivity index is 1.37. The topological polar surface area (TPSA) is 9.23 Å². The normalized spacial score (nSPS) is 36.4. The number of halogens is 2. The predicted octanol–water partition coefficient (Wildman–Crippen LogP) is 7.19. The number of rotatable bonds is 4. The maximum atomic E-state index is 12.3. The van der Waals surface area contributed by atoms with Gasteiger partial charge in [-0.3, -0.25) is 0 Å². The van der Waals surface area contributed by atoms with E-state index in [1.165, 1.54) is 56.9 Å². The van der Waals surface area contributed by atoms with E-state index < -0.39 is 6.61 Å². The van der Waals surface area contributed by atoms with Gasteiger partial charge >= 0.3 is 6.61 Å². The Labute approximate surface area is 162 Å². The van der Waals surface area contributed by atoms with Gasteiger partial charge in [-0.15, -0.1) is 0 Å². The summed E-state index contributed by atoms with van der Waals surface area (Å²) in [6.45, 7) is -0.597. The monoisotopic (exact) mass is 374 g/mol. The Morgan fingerprint density at radius 1 is 0.889 bits per heavy atom. The quantitative estimate of drug-likeness (QED) is 0.507. The van der Waals surface area contributed by atoms with Crippen LogP contribution in [0.1, 0.15) is 69.8 Å². The zero-order valence-corrected chi connectivity index (χ0v) is 16.3. The van der Waals surface area contributed by atoms with Crippen LogP contribution in [0.3, 0.4) is 0 Å². The van der Waals surface area contributed by atoms with Crippen LogP contribution in [-0.4, -0.2) is 6.61 Å². The fraction of sp³-hybridized carbons (Fsp3) is 0.667. The maximum Gasteiger partial charge on any atom is 0.387 e. The number of allylic oxidation sites excluding steroid dienone is 2. The molecular weight excluding hydrogens is 342 g/mol. The van der Waals surface area contributed by atoms with Gasteiger partial charge in [0.15, 0.2) is 0 Å². The highest BCUT2D eigenvalue weighted by Crippen LogP contribution is 2.54. The third-order valence-corrected chi connectivity index (χ3v) is 7.62. The van der Waals surface area contributed by atoms with Crippen molar-refractivity contribution in [3.8, 4) is 5.75 Å². The minimum absolute atomic E-state index is 0.265. The molecule has 6 unspecified atom stereocenters. The van der Waals surface area contributed by atoms with Gasteiger partial charge in [0.2, 0.25) is 0 Å². The van der Waals surface area contributed by atoms with Crippen molar-refractivity contribution in [3.63, 3.8) is 0 Å². The summed E-state index contributed by atoms with van der Waals surface area (Å²) in [7, 11) is 0. The summed E-state index contributed by atoms with van der Waals surface area (Å²) >= 11 is 0. The van der Waals surface area contributed by atoms with Crippen LogP contribution in [0.4, 0.5) is 8.78 Å². The fourth-order valence-corrected chi connectivity index (χ4v) is 6.50. The summed E-state index contributed by atoms with van der Waals surface area (Å²) in [4.78, 5) is 0. The predicted molar refractivity (Wildman–Crippen MR) is 105 cm³/mol. The molecule has 148 valence electrons. The zero-order valence-electron chi connectivity index (χ0n) is 16.3. The molecule has 1 aromatic carbocycles. The number of benzene rings is 1. The van der Waals surface area contributed by atoms with Gasteiger partial charge in [-0.25, -0.2) is 0 Å². The molecule has 1 nitrogen and oxygen atoms in total. The van der Waals surface area contributed by atoms with Crippen LogP contribution in [-0.2, 0) is 0 Å². The maximum absolute atomic E-state index is 12.3. The van der Waals surface area contributed by atoms with Crippen molar-refractivity contribution in [2.24, 2.45) is 29.6 Å². The lowest BCUT2D eigenvalue weighted by atomic mass is 9.55. The van der Waals surface area contributed by atoms with Gasteiger partial charge in [-0.1, -0.05) is 24.3 Å². The summed E-state index contributed by atoms with van der Waals surface area (Å²) in [5, 5.41) is 0. The Bertz CT molecular complexity index is 638. The minimum atomic E-state index is -2.75. The van der Waals surface area contributed by atoms with Crippen molar-refractivity contribution in [1.82, 2.24) is 0 Å². The molecule has 27 heavy (non-hydrogen) atoms. The second-order valence-electron chi connectivity index (χ2n) is 8.98. The molecule has 0 heterocycles. The third-order valence-electron chi connectivity index (χ3n) is 7.62. The van der Waals surface area contributed by atoms with E-state index in [-0.39, 0.29) is 5.75 Å². The molecule has 6 atom stereocenters. The number of hydrogen-bond donors (Lipinski definition) is 0. The molecule has 3 fully saturated rings. The van der Waals surface area contributed by atoms with Gasteiger partial charge in [0.1, 0.15) is 5.75 Å². The third kappa shape index (κ3) is 4.22. The van der Waals surface area contributed by atoms with E-state index in [0.717, 1.165) is 29.6 Å². The number of hydrogen-bond acceptors (Lipinski definition) is 1. The summed E-state index contributed by atoms with van der Waals surface area (Å²) in [5.74, 6) is 5.35. The Kier molecular flexibility index (Phi) is 5.85. The summed E-state index contributed by atoms with van der Waals surface area (Å²) < 4.78 is 29.2. The molecule has 0 saturated heterocycles. The molecule has 3 aliphatic carbocycles. The van der Waals surface area contributed by atoms with Gasteiger partial charge in [0.25, 0.3) is 0 Å². The molecule has 0 aromatic heterocycles. The molecule has 1 aromatic rings. The first kappa shape index (κ1) is 19.0. The molecule has 0 aliphatic heterocycles. The first-order valence-corrected chi connectivity index (χ1v) is 10.8. The molecule has 3 saturated carbocycles. The van der Waals surface area contributed by atoms with Crippen LogP contribution in [0.25, 0.3) is 0 Å². The molecule has 3 aliphatic rings. The van der Waals surface area contributed by atoms with Crippen molar-refractivity contribution in [2.45, 2.75) is 70.8 Å². The van der Waals surface area contributed by atoms with Gasteiger partial charge in [-0.05, 0) is 111 Å². The van der Waals surface area contributed by atoms with Crippen molar-refractivity contribution in [3.05, 3.63) is 42.0 Å². The molecule has 0 radical (unpaired) electrons. The number of alkyl halides is 2. The molecule has 4 rings (SSSR count). The van der Waals surface area contributed by atoms with Crippen LogP contribution < -0.4 is 4.74 Å². The second-order valence-corrected chi connectivity index (χ2v) is 8.98. The van der Waals surface area contributed by atoms with Gasteiger partial charge < -0.3 is 4.74 Å². The van der Waals surface area contributed by atoms with E-state index in [9.17, 15) is 8.78 Å². The SMILES string of the molecule is CC=CC1CCC2C(CCC3CC(c4ccc(OC(F)F)cc4)CCC32)C1. The fourth-order valence-electron chi connectivity index (χ4n) is 6.50. The number of fused-ring (bicyclic) bond motifs is 3. The molecular formula is C24H32F2O. The second kappa shape index (κ2) is 8.32. The largest absolute Gasteiger partial charge is 0.435 e. The van der Waals surface area contributed by atoms with E-state index in [1.54, 1.807) is 12.1 Å². The first-order valence-electron chi connectivity index (χ1n) is 10.8. The van der Waals surface area contributed by atoms with Crippen molar-refractivity contribution in [1.29, 1.82) is 0 Å². The first-order chi connectivity index (χ1) is 13.1. The van der Waals surface area contributed by atoms with Crippen molar-refractivity contribution in [2.75, 3.05) is 0 Å². The highest BCUT2D eigenvalue weighted by atomic mass is 19.3. The van der Waals surface area contributed by atoms with Crippen LogP contribution in [0, 0.1) is 29.6 Å². The van der Waals surface area contributed by atoms with E-state index >= 15 is 0 Å². The minimum Gasteiger partial charge on any atom is -0.435 e. The molecule has 0 N–H and O–H groups in total. The Morgan fingerprint density at radius 3 is 2.22 bits per heavy atom. The Hall–Kier alpha value is -1.38. The standard InChI is InChI=1S/C24H32F2O/c1-2-3-16-4-12-22-19(14-16)5-6-20-15-18(9-13-23(20)22)17-7-10-21(11-8-17)27-24(25)26/h2-3,7-8,10-11,16,18-20,22-24H,4-6,9,12-15H2,1H3. The van der Waals surface area contributed by atoms with Gasteiger partial charge in [0.05, 0.1) is 0 Å². The van der Waals surface area contributed by atoms with Crippen molar-refractivity contribution < 1.29 is 13.5 Å². The van der Waals surface area contributed by atoms with Crippen LogP contribution in [0.15, 0.2) is 36.4 Å². The summed E-state index contributed by atoms with van der Waals surface area (Å²) in [5.41, 5.74) is 1.30. The average Bonchev–Trinajstić information content (AvgIpc) is 2.67. The van der Waals surface area contributed by atoms with Crippen LogP contribution in [0.2, 0.25) is 0 Å². The zero-order chi connectivity index (χ0) is 18.8. The highest BCUT2D eigenvalue weighted by Gasteiger charge is 2.44. The average molecular weight is 375 g/mol. The Morgan fingerprint density at radius 2 is 1.56 bits per heavy atom. The van der Waals surface area contributed by atoms with E-state index in [2.05, 4.69) is 23.8 Å². The molecule has 0 amide bonds. The van der Waals surface area contributed by atoms with Gasteiger partial charge in [0, 0.05) is 0 Å². The van der Waals surface area contributed by atoms with Crippen LogP contribution >= 0.6 is 0 Å². The van der Waals surface area contributed by atoms with E-state index in [4.69, 9.17) is 0 Å². The van der Waals surface area contributed by atoms with Crippen LogP contribution in [0.5, 0.6) is 5.75 Å². The smallest absolute Gasteiger partial charge is 0.387 e. The number of ether oxygens (including phenoxy) is 1. The molecule has 0 spiro atoms. The lowest BCUT2D eigenvalue weighted by molar-refractivity contribution is -0.0498. The van der Waals surface area contributed by atoms with Gasteiger partial charge in [-0.2, -0.15) is 8.78 Å². The van der Waals surface area contributed by atoms with Crippen molar-refractivity contribution >= 4 is 0 Å². The van der Waals surface area contributed by atoms with E-state index in [0.29, 0.717) is 5.92 Å². The molecule has 0 bridgehead atoms. The summed E-state index contributed by atoms with van der Waals surface area (Å²) in [6.07, 6.45) is 15.5. The lowest BCUT2D eigenvalue weighted by Gasteiger charge is -2.50. The lowest BCUT2D eigenvalue weighted by Crippen LogP contribution is -2.41.